The maximum absolute atomic E-state index is 12.3. The highest BCUT2D eigenvalue weighted by Gasteiger charge is 2.50. The van der Waals surface area contributed by atoms with Gasteiger partial charge in [-0.05, 0) is 42.2 Å². The van der Waals surface area contributed by atoms with E-state index in [-0.39, 0.29) is 17.9 Å². The maximum atomic E-state index is 12.3. The number of allylic oxidation sites excluding steroid dienone is 4. The summed E-state index contributed by atoms with van der Waals surface area (Å²) in [5.74, 6) is 1.29. The fraction of sp³-hybridized carbons (Fsp3) is 0.400. The zero-order chi connectivity index (χ0) is 18.5. The third-order valence-corrected chi connectivity index (χ3v) is 5.62. The van der Waals surface area contributed by atoms with Crippen molar-refractivity contribution in [2.24, 2.45) is 0 Å². The van der Waals surface area contributed by atoms with Crippen LogP contribution in [0.5, 0.6) is 11.5 Å². The number of fused-ring (bicyclic) bond motifs is 1. The molecule has 1 atom stereocenters. The van der Waals surface area contributed by atoms with E-state index in [2.05, 4.69) is 0 Å². The molecule has 1 heterocycles. The van der Waals surface area contributed by atoms with Crippen molar-refractivity contribution in [3.05, 3.63) is 47.1 Å². The minimum atomic E-state index is -0.501. The number of nitrogens with zero attached hydrogens (tertiary/aromatic N) is 1. The monoisotopic (exact) mass is 355 g/mol. The number of carbonyl (C=O) groups is 2. The van der Waals surface area contributed by atoms with Crippen molar-refractivity contribution in [3.63, 3.8) is 0 Å². The van der Waals surface area contributed by atoms with Crippen molar-refractivity contribution in [3.8, 4) is 11.5 Å². The average Bonchev–Trinajstić information content (AvgIpc) is 2.99. The van der Waals surface area contributed by atoms with Gasteiger partial charge in [-0.1, -0.05) is 12.2 Å². The number of ketones is 1. The lowest BCUT2D eigenvalue weighted by Crippen LogP contribution is -2.39. The van der Waals surface area contributed by atoms with E-state index in [0.717, 1.165) is 23.1 Å². The Morgan fingerprint density at radius 1 is 1.19 bits per heavy atom. The zero-order valence-electron chi connectivity index (χ0n) is 15.1. The summed E-state index contributed by atoms with van der Waals surface area (Å²) in [5, 5.41) is 0. The third kappa shape index (κ3) is 2.18. The Balaban J connectivity index is 1.98. The minimum Gasteiger partial charge on any atom is -0.493 e. The van der Waals surface area contributed by atoms with Crippen LogP contribution < -0.4 is 9.47 Å². The third-order valence-electron chi connectivity index (χ3n) is 5.62. The van der Waals surface area contributed by atoms with Gasteiger partial charge in [0.05, 0.1) is 27.4 Å². The SMILES string of the molecule is COC(=O)N1CCc2cc(OC)c(OC)c3c2[C@H]1CC31C=CC(=O)C=C1. The van der Waals surface area contributed by atoms with E-state index >= 15 is 0 Å². The van der Waals surface area contributed by atoms with E-state index in [9.17, 15) is 9.59 Å². The molecule has 6 nitrogen and oxygen atoms in total. The Morgan fingerprint density at radius 2 is 1.92 bits per heavy atom. The molecule has 0 saturated heterocycles. The number of carbonyl (C=O) groups excluding carboxylic acids is 2. The maximum Gasteiger partial charge on any atom is 0.410 e. The van der Waals surface area contributed by atoms with Gasteiger partial charge in [0.15, 0.2) is 17.3 Å². The molecule has 0 aromatic heterocycles. The first-order chi connectivity index (χ1) is 12.5. The van der Waals surface area contributed by atoms with Crippen LogP contribution in [0.25, 0.3) is 0 Å². The second-order valence-corrected chi connectivity index (χ2v) is 6.80. The van der Waals surface area contributed by atoms with E-state index in [0.29, 0.717) is 24.5 Å². The molecular weight excluding hydrogens is 334 g/mol. The Morgan fingerprint density at radius 3 is 2.54 bits per heavy atom. The quantitative estimate of drug-likeness (QED) is 0.816. The summed E-state index contributed by atoms with van der Waals surface area (Å²) in [7, 11) is 4.64. The van der Waals surface area contributed by atoms with Crippen LogP contribution in [-0.4, -0.2) is 44.7 Å². The van der Waals surface area contributed by atoms with Crippen LogP contribution in [-0.2, 0) is 21.4 Å². The minimum absolute atomic E-state index is 0.0394. The van der Waals surface area contributed by atoms with Crippen LogP contribution in [0.15, 0.2) is 30.4 Å². The van der Waals surface area contributed by atoms with Crippen molar-refractivity contribution in [2.45, 2.75) is 24.3 Å². The fourth-order valence-corrected chi connectivity index (χ4v) is 4.51. The van der Waals surface area contributed by atoms with Gasteiger partial charge >= 0.3 is 6.09 Å². The van der Waals surface area contributed by atoms with Gasteiger partial charge in [0, 0.05) is 17.5 Å². The summed E-state index contributed by atoms with van der Waals surface area (Å²) in [6, 6.07) is 1.88. The largest absolute Gasteiger partial charge is 0.493 e. The van der Waals surface area contributed by atoms with Gasteiger partial charge in [0.1, 0.15) is 0 Å². The van der Waals surface area contributed by atoms with E-state index in [1.54, 1.807) is 31.3 Å². The fourth-order valence-electron chi connectivity index (χ4n) is 4.51. The second kappa shape index (κ2) is 5.90. The van der Waals surface area contributed by atoms with Crippen LogP contribution >= 0.6 is 0 Å². The molecule has 6 heteroatoms. The predicted octanol–water partition coefficient (Wildman–Crippen LogP) is 2.71. The van der Waals surface area contributed by atoms with Gasteiger partial charge < -0.3 is 19.1 Å². The number of benzene rings is 1. The standard InChI is InChI=1S/C20H21NO5/c1-24-15-10-12-6-9-21(19(23)26-3)14-11-20(7-4-13(22)5-8-20)17(16(12)14)18(15)25-2/h4-5,7-8,10,14H,6,9,11H2,1-3H3/t14-/m1/s1. The van der Waals surface area contributed by atoms with Gasteiger partial charge in [-0.3, -0.25) is 4.79 Å². The van der Waals surface area contributed by atoms with Crippen molar-refractivity contribution < 1.29 is 23.8 Å². The first-order valence-corrected chi connectivity index (χ1v) is 8.60. The highest BCUT2D eigenvalue weighted by atomic mass is 16.5. The number of hydrogen-bond acceptors (Lipinski definition) is 5. The molecule has 1 aromatic carbocycles. The highest BCUT2D eigenvalue weighted by Crippen LogP contribution is 2.58. The second-order valence-electron chi connectivity index (χ2n) is 6.80. The van der Waals surface area contributed by atoms with Gasteiger partial charge in [-0.25, -0.2) is 4.79 Å². The Labute approximate surface area is 152 Å². The Hall–Kier alpha value is -2.76. The molecule has 0 radical (unpaired) electrons. The molecule has 26 heavy (non-hydrogen) atoms. The van der Waals surface area contributed by atoms with Gasteiger partial charge in [0.25, 0.3) is 0 Å². The lowest BCUT2D eigenvalue weighted by molar-refractivity contribution is -0.110. The summed E-state index contributed by atoms with van der Waals surface area (Å²) in [4.78, 5) is 25.8. The molecule has 4 rings (SSSR count). The summed E-state index contributed by atoms with van der Waals surface area (Å²) in [6.45, 7) is 0.585. The lowest BCUT2D eigenvalue weighted by atomic mass is 9.77. The van der Waals surface area contributed by atoms with Gasteiger partial charge in [0.2, 0.25) is 0 Å². The van der Waals surface area contributed by atoms with Crippen molar-refractivity contribution >= 4 is 11.9 Å². The van der Waals surface area contributed by atoms with Gasteiger partial charge in [-0.15, -0.1) is 0 Å². The van der Waals surface area contributed by atoms with Crippen molar-refractivity contribution in [2.75, 3.05) is 27.9 Å². The summed E-state index contributed by atoms with van der Waals surface area (Å²) < 4.78 is 16.3. The van der Waals surface area contributed by atoms with E-state index < -0.39 is 5.41 Å². The summed E-state index contributed by atoms with van der Waals surface area (Å²) in [6.07, 6.45) is 8.04. The number of rotatable bonds is 2. The smallest absolute Gasteiger partial charge is 0.410 e. The molecular formula is C20H21NO5. The van der Waals surface area contributed by atoms with Crippen LogP contribution in [0.1, 0.15) is 29.2 Å². The molecule has 0 bridgehead atoms. The first kappa shape index (κ1) is 16.7. The van der Waals surface area contributed by atoms with E-state index in [1.165, 1.54) is 7.11 Å². The Bertz CT molecular complexity index is 838. The summed E-state index contributed by atoms with van der Waals surface area (Å²) >= 11 is 0. The number of ether oxygens (including phenoxy) is 3. The lowest BCUT2D eigenvalue weighted by Gasteiger charge is -2.34. The van der Waals surface area contributed by atoms with Crippen molar-refractivity contribution in [1.29, 1.82) is 0 Å². The van der Waals surface area contributed by atoms with E-state index in [1.807, 2.05) is 18.2 Å². The molecule has 0 fully saturated rings. The van der Waals surface area contributed by atoms with Gasteiger partial charge in [-0.2, -0.15) is 0 Å². The summed E-state index contributed by atoms with van der Waals surface area (Å²) in [5.41, 5.74) is 2.72. The van der Waals surface area contributed by atoms with Crippen molar-refractivity contribution in [1.82, 2.24) is 4.90 Å². The number of hydrogen-bond donors (Lipinski definition) is 0. The van der Waals surface area contributed by atoms with Crippen LogP contribution in [0.3, 0.4) is 0 Å². The van der Waals surface area contributed by atoms with Crippen LogP contribution in [0.4, 0.5) is 4.79 Å². The molecule has 0 saturated carbocycles. The molecule has 136 valence electrons. The van der Waals surface area contributed by atoms with E-state index in [4.69, 9.17) is 14.2 Å². The number of amides is 1. The molecule has 2 aliphatic carbocycles. The molecule has 1 aromatic rings. The zero-order valence-corrected chi connectivity index (χ0v) is 15.1. The molecule has 0 unspecified atom stereocenters. The number of methoxy groups -OCH3 is 3. The van der Waals surface area contributed by atoms with Crippen LogP contribution in [0, 0.1) is 0 Å². The molecule has 1 aliphatic heterocycles. The molecule has 1 spiro atoms. The topological polar surface area (TPSA) is 65.1 Å². The molecule has 3 aliphatic rings. The highest BCUT2D eigenvalue weighted by molar-refractivity contribution is 6.01. The molecule has 1 amide bonds. The average molecular weight is 355 g/mol. The van der Waals surface area contributed by atoms with Crippen LogP contribution in [0.2, 0.25) is 0 Å². The first-order valence-electron chi connectivity index (χ1n) is 8.60. The molecule has 0 N–H and O–H groups in total. The normalized spacial score (nSPS) is 21.7. The predicted molar refractivity (Wildman–Crippen MR) is 94.7 cm³/mol. The Kier molecular flexibility index (Phi) is 3.79.